The smallest absolute Gasteiger partial charge is 0.203 e. The summed E-state index contributed by atoms with van der Waals surface area (Å²) >= 11 is 3.45. The molecule has 0 saturated heterocycles. The van der Waals surface area contributed by atoms with Crippen LogP contribution < -0.4 is 18.9 Å². The Morgan fingerprint density at radius 2 is 1.36 bits per heavy atom. The van der Waals surface area contributed by atoms with Crippen LogP contribution in [0, 0.1) is 0 Å². The number of methoxy groups -OCH3 is 2. The van der Waals surface area contributed by atoms with Gasteiger partial charge >= 0.3 is 0 Å². The summed E-state index contributed by atoms with van der Waals surface area (Å²) in [4.78, 5) is 0. The van der Waals surface area contributed by atoms with E-state index in [2.05, 4.69) is 15.9 Å². The fourth-order valence-corrected chi connectivity index (χ4v) is 2.34. The van der Waals surface area contributed by atoms with Crippen molar-refractivity contribution in [2.75, 3.05) is 27.4 Å². The van der Waals surface area contributed by atoms with Crippen LogP contribution in [0.5, 0.6) is 23.0 Å². The highest BCUT2D eigenvalue weighted by molar-refractivity contribution is 9.10. The molecule has 2 aromatic rings. The summed E-state index contributed by atoms with van der Waals surface area (Å²) in [6.07, 6.45) is 0.753. The van der Waals surface area contributed by atoms with Crippen LogP contribution in [-0.2, 0) is 0 Å². The Bertz CT molecular complexity index is 579. The molecule has 0 radical (unpaired) electrons. The molecule has 0 fully saturated rings. The molecular weight excluding hydrogens is 348 g/mol. The highest BCUT2D eigenvalue weighted by Crippen LogP contribution is 2.36. The van der Waals surface area contributed by atoms with E-state index in [4.69, 9.17) is 18.9 Å². The fraction of sp³-hybridized carbons (Fsp3) is 0.294. The molecule has 0 bridgehead atoms. The zero-order valence-corrected chi connectivity index (χ0v) is 14.3. The second-order valence-electron chi connectivity index (χ2n) is 4.47. The van der Waals surface area contributed by atoms with Gasteiger partial charge < -0.3 is 18.9 Å². The van der Waals surface area contributed by atoms with E-state index in [1.54, 1.807) is 14.2 Å². The molecule has 0 aliphatic rings. The predicted octanol–water partition coefficient (Wildman–Crippen LogP) is 4.31. The molecule has 0 unspecified atom stereocenters. The maximum absolute atomic E-state index is 5.78. The number of para-hydroxylation sites is 2. The van der Waals surface area contributed by atoms with Crippen LogP contribution in [-0.4, -0.2) is 27.4 Å². The summed E-state index contributed by atoms with van der Waals surface area (Å²) in [5, 5.41) is 0. The van der Waals surface area contributed by atoms with E-state index in [-0.39, 0.29) is 0 Å². The summed E-state index contributed by atoms with van der Waals surface area (Å²) in [6, 6.07) is 13.3. The molecule has 0 atom stereocenters. The summed E-state index contributed by atoms with van der Waals surface area (Å²) in [5.41, 5.74) is 0. The second kappa shape index (κ2) is 8.54. The van der Waals surface area contributed by atoms with Crippen LogP contribution >= 0.6 is 15.9 Å². The number of hydrogen-bond donors (Lipinski definition) is 0. The maximum Gasteiger partial charge on any atom is 0.203 e. The van der Waals surface area contributed by atoms with E-state index < -0.39 is 0 Å². The van der Waals surface area contributed by atoms with E-state index in [0.29, 0.717) is 30.5 Å². The molecule has 118 valence electrons. The van der Waals surface area contributed by atoms with E-state index in [1.807, 2.05) is 42.5 Å². The first kappa shape index (κ1) is 16.5. The average molecular weight is 367 g/mol. The minimum absolute atomic E-state index is 0.515. The van der Waals surface area contributed by atoms with E-state index in [1.165, 1.54) is 0 Å². The second-order valence-corrected chi connectivity index (χ2v) is 5.33. The molecule has 22 heavy (non-hydrogen) atoms. The van der Waals surface area contributed by atoms with Gasteiger partial charge in [-0.15, -0.1) is 0 Å². The Labute approximate surface area is 139 Å². The largest absolute Gasteiger partial charge is 0.493 e. The van der Waals surface area contributed by atoms with Crippen molar-refractivity contribution < 1.29 is 18.9 Å². The van der Waals surface area contributed by atoms with Crippen LogP contribution in [0.25, 0.3) is 0 Å². The van der Waals surface area contributed by atoms with Gasteiger partial charge in [-0.1, -0.05) is 18.2 Å². The molecule has 0 aromatic heterocycles. The fourth-order valence-electron chi connectivity index (χ4n) is 1.94. The number of benzene rings is 2. The molecule has 0 N–H and O–H groups in total. The molecule has 0 spiro atoms. The van der Waals surface area contributed by atoms with Crippen molar-refractivity contribution in [2.45, 2.75) is 6.42 Å². The van der Waals surface area contributed by atoms with Gasteiger partial charge in [0.1, 0.15) is 5.75 Å². The van der Waals surface area contributed by atoms with E-state index >= 15 is 0 Å². The summed E-state index contributed by atoms with van der Waals surface area (Å²) in [6.45, 7) is 1.08. The molecule has 0 saturated carbocycles. The van der Waals surface area contributed by atoms with Gasteiger partial charge in [-0.3, -0.25) is 0 Å². The minimum Gasteiger partial charge on any atom is -0.493 e. The molecule has 0 aliphatic carbocycles. The third-order valence-corrected chi connectivity index (χ3v) is 3.67. The third-order valence-electron chi connectivity index (χ3n) is 3.01. The lowest BCUT2D eigenvalue weighted by atomic mass is 10.3. The van der Waals surface area contributed by atoms with Crippen LogP contribution in [0.3, 0.4) is 0 Å². The zero-order chi connectivity index (χ0) is 15.8. The number of ether oxygens (including phenoxy) is 4. The van der Waals surface area contributed by atoms with Crippen molar-refractivity contribution in [1.29, 1.82) is 0 Å². The van der Waals surface area contributed by atoms with Crippen LogP contribution in [0.4, 0.5) is 0 Å². The quantitative estimate of drug-likeness (QED) is 0.652. The molecule has 0 heterocycles. The summed E-state index contributed by atoms with van der Waals surface area (Å²) in [5.74, 6) is 2.77. The number of halogens is 1. The Balaban J connectivity index is 1.83. The van der Waals surface area contributed by atoms with Crippen molar-refractivity contribution in [3.05, 3.63) is 46.9 Å². The van der Waals surface area contributed by atoms with E-state index in [0.717, 1.165) is 16.6 Å². The Morgan fingerprint density at radius 3 is 2.00 bits per heavy atom. The van der Waals surface area contributed by atoms with Gasteiger partial charge in [-0.2, -0.15) is 0 Å². The Hall–Kier alpha value is -1.88. The van der Waals surface area contributed by atoms with Crippen molar-refractivity contribution in [2.24, 2.45) is 0 Å². The van der Waals surface area contributed by atoms with Crippen LogP contribution in [0.2, 0.25) is 0 Å². The Morgan fingerprint density at radius 1 is 0.773 bits per heavy atom. The zero-order valence-electron chi connectivity index (χ0n) is 12.7. The lowest BCUT2D eigenvalue weighted by Gasteiger charge is -2.14. The van der Waals surface area contributed by atoms with Gasteiger partial charge in [0.2, 0.25) is 5.75 Å². The van der Waals surface area contributed by atoms with Crippen molar-refractivity contribution >= 4 is 15.9 Å². The highest BCUT2D eigenvalue weighted by Gasteiger charge is 2.10. The molecule has 0 aliphatic heterocycles. The maximum atomic E-state index is 5.78. The Kier molecular flexibility index (Phi) is 6.40. The lowest BCUT2D eigenvalue weighted by molar-refractivity contribution is 0.232. The number of rotatable bonds is 8. The topological polar surface area (TPSA) is 36.9 Å². The van der Waals surface area contributed by atoms with Gasteiger partial charge in [0, 0.05) is 6.42 Å². The van der Waals surface area contributed by atoms with Gasteiger partial charge in [0.25, 0.3) is 0 Å². The molecular formula is C17H19BrO4. The minimum atomic E-state index is 0.515. The van der Waals surface area contributed by atoms with Crippen molar-refractivity contribution in [3.63, 3.8) is 0 Å². The highest BCUT2D eigenvalue weighted by atomic mass is 79.9. The summed E-state index contributed by atoms with van der Waals surface area (Å²) < 4.78 is 23.0. The van der Waals surface area contributed by atoms with Gasteiger partial charge in [-0.25, -0.2) is 0 Å². The van der Waals surface area contributed by atoms with Crippen LogP contribution in [0.1, 0.15) is 6.42 Å². The molecule has 2 rings (SSSR count). The average Bonchev–Trinajstić information content (AvgIpc) is 2.56. The lowest BCUT2D eigenvalue weighted by Crippen LogP contribution is -2.06. The number of hydrogen-bond acceptors (Lipinski definition) is 4. The predicted molar refractivity (Wildman–Crippen MR) is 89.3 cm³/mol. The first-order valence-corrected chi connectivity index (χ1v) is 7.76. The SMILES string of the molecule is COc1cccc(OC)c1OCCCOc1ccccc1Br. The van der Waals surface area contributed by atoms with E-state index in [9.17, 15) is 0 Å². The molecule has 2 aromatic carbocycles. The van der Waals surface area contributed by atoms with Crippen LogP contribution in [0.15, 0.2) is 46.9 Å². The normalized spacial score (nSPS) is 10.1. The first-order valence-electron chi connectivity index (χ1n) is 6.97. The first-order chi connectivity index (χ1) is 10.8. The monoisotopic (exact) mass is 366 g/mol. The van der Waals surface area contributed by atoms with Crippen molar-refractivity contribution in [1.82, 2.24) is 0 Å². The third kappa shape index (κ3) is 4.31. The molecule has 4 nitrogen and oxygen atoms in total. The van der Waals surface area contributed by atoms with Gasteiger partial charge in [0.15, 0.2) is 11.5 Å². The molecule has 5 heteroatoms. The summed E-state index contributed by atoms with van der Waals surface area (Å²) in [7, 11) is 3.22. The van der Waals surface area contributed by atoms with Gasteiger partial charge in [0.05, 0.1) is 31.9 Å². The van der Waals surface area contributed by atoms with Gasteiger partial charge in [-0.05, 0) is 40.2 Å². The van der Waals surface area contributed by atoms with Crippen molar-refractivity contribution in [3.8, 4) is 23.0 Å². The molecule has 0 amide bonds. The standard InChI is InChI=1S/C17H19BrO4/c1-19-15-9-5-10-16(20-2)17(15)22-12-6-11-21-14-8-4-3-7-13(14)18/h3-5,7-10H,6,11-12H2,1-2H3.